The summed E-state index contributed by atoms with van der Waals surface area (Å²) in [7, 11) is 0. The van der Waals surface area contributed by atoms with Gasteiger partial charge >= 0.3 is 0 Å². The van der Waals surface area contributed by atoms with Crippen LogP contribution in [0.3, 0.4) is 0 Å². The van der Waals surface area contributed by atoms with E-state index in [0.29, 0.717) is 5.75 Å². The molecule has 1 aromatic heterocycles. The number of aromatic hydroxyl groups is 1. The third-order valence-electron chi connectivity index (χ3n) is 8.85. The molecule has 1 unspecified atom stereocenters. The number of nitrogens with zero attached hydrogens (tertiary/aromatic N) is 5. The van der Waals surface area contributed by atoms with Crippen molar-refractivity contribution in [1.29, 1.82) is 0 Å². The molecule has 1 N–H and O–H groups in total. The van der Waals surface area contributed by atoms with Gasteiger partial charge < -0.3 is 24.5 Å². The second kappa shape index (κ2) is 11.6. The molecular formula is C31H49N5O2. The van der Waals surface area contributed by atoms with Crippen molar-refractivity contribution >= 4 is 17.3 Å². The molecule has 1 atom stereocenters. The van der Waals surface area contributed by atoms with Gasteiger partial charge in [-0.2, -0.15) is 0 Å². The molecule has 0 radical (unpaired) electrons. The number of pyridine rings is 1. The van der Waals surface area contributed by atoms with Crippen molar-refractivity contribution < 1.29 is 9.84 Å². The Balaban J connectivity index is 1.49. The van der Waals surface area contributed by atoms with Gasteiger partial charge in [-0.05, 0) is 97.1 Å². The van der Waals surface area contributed by atoms with Crippen LogP contribution in [-0.2, 0) is 6.42 Å². The summed E-state index contributed by atoms with van der Waals surface area (Å²) in [5.41, 5.74) is 5.16. The van der Waals surface area contributed by atoms with Gasteiger partial charge in [-0.25, -0.2) is 4.98 Å². The topological polar surface area (TPSA) is 55.3 Å². The summed E-state index contributed by atoms with van der Waals surface area (Å²) in [6.45, 7) is 25.9. The van der Waals surface area contributed by atoms with Crippen LogP contribution in [0.1, 0.15) is 63.3 Å². The Morgan fingerprint density at radius 1 is 0.895 bits per heavy atom. The van der Waals surface area contributed by atoms with Gasteiger partial charge in [0.2, 0.25) is 0 Å². The minimum absolute atomic E-state index is 0.233. The summed E-state index contributed by atoms with van der Waals surface area (Å²) < 4.78 is 6.74. The van der Waals surface area contributed by atoms with Crippen molar-refractivity contribution in [3.8, 4) is 11.5 Å². The first kappa shape index (κ1) is 28.3. The third kappa shape index (κ3) is 5.40. The molecule has 3 heterocycles. The number of phenolic OH excluding ortho intramolecular Hbond substituents is 1. The molecule has 0 aliphatic carbocycles. The Labute approximate surface area is 230 Å². The number of hydrogen-bond donors (Lipinski definition) is 1. The zero-order chi connectivity index (χ0) is 27.6. The Hall–Kier alpha value is -2.67. The SMILES string of the molecule is CCN(CC)c1ccc(N(CC)CC)c(N2CCN(CC3(C)CCc4c(C)c(O)c(C)c(C)c4O3)CC2)n1. The summed E-state index contributed by atoms with van der Waals surface area (Å²) in [5, 5.41) is 10.5. The normalized spacial score (nSPS) is 19.7. The molecule has 38 heavy (non-hydrogen) atoms. The average Bonchev–Trinajstić information content (AvgIpc) is 2.93. The van der Waals surface area contributed by atoms with Crippen LogP contribution in [-0.4, -0.2) is 79.5 Å². The van der Waals surface area contributed by atoms with Gasteiger partial charge in [0.05, 0.1) is 5.69 Å². The van der Waals surface area contributed by atoms with E-state index in [0.717, 1.165) is 106 Å². The Kier molecular flexibility index (Phi) is 8.65. The predicted molar refractivity (Wildman–Crippen MR) is 160 cm³/mol. The van der Waals surface area contributed by atoms with Crippen molar-refractivity contribution in [3.05, 3.63) is 34.4 Å². The summed E-state index contributed by atoms with van der Waals surface area (Å²) in [6.07, 6.45) is 1.91. The predicted octanol–water partition coefficient (Wildman–Crippen LogP) is 5.31. The van der Waals surface area contributed by atoms with E-state index in [-0.39, 0.29) is 5.60 Å². The average molecular weight is 524 g/mol. The second-order valence-corrected chi connectivity index (χ2v) is 11.2. The van der Waals surface area contributed by atoms with Crippen molar-refractivity contribution in [2.75, 3.05) is 73.6 Å². The Morgan fingerprint density at radius 3 is 2.13 bits per heavy atom. The van der Waals surface area contributed by atoms with E-state index in [1.165, 1.54) is 11.3 Å². The second-order valence-electron chi connectivity index (χ2n) is 11.2. The molecule has 0 bridgehead atoms. The maximum absolute atomic E-state index is 10.5. The molecule has 0 saturated carbocycles. The molecule has 210 valence electrons. The molecule has 1 saturated heterocycles. The highest BCUT2D eigenvalue weighted by molar-refractivity contribution is 5.70. The van der Waals surface area contributed by atoms with Crippen LogP contribution in [0.4, 0.5) is 17.3 Å². The van der Waals surface area contributed by atoms with Crippen molar-refractivity contribution in [2.24, 2.45) is 0 Å². The van der Waals surface area contributed by atoms with Gasteiger partial charge in [0.25, 0.3) is 0 Å². The molecule has 2 aromatic rings. The van der Waals surface area contributed by atoms with E-state index in [1.807, 2.05) is 13.8 Å². The molecule has 1 aromatic carbocycles. The molecule has 1 fully saturated rings. The number of benzene rings is 1. The number of rotatable bonds is 9. The summed E-state index contributed by atoms with van der Waals surface area (Å²) in [5.74, 6) is 3.60. The van der Waals surface area contributed by atoms with Crippen LogP contribution in [0.5, 0.6) is 11.5 Å². The molecule has 0 amide bonds. The number of fused-ring (bicyclic) bond motifs is 1. The number of hydrogen-bond acceptors (Lipinski definition) is 7. The monoisotopic (exact) mass is 523 g/mol. The molecule has 7 nitrogen and oxygen atoms in total. The fraction of sp³-hybridized carbons (Fsp3) is 0.645. The third-order valence-corrected chi connectivity index (χ3v) is 8.85. The maximum Gasteiger partial charge on any atom is 0.154 e. The van der Waals surface area contributed by atoms with E-state index in [9.17, 15) is 5.11 Å². The Bertz CT molecular complexity index is 1120. The van der Waals surface area contributed by atoms with E-state index in [1.54, 1.807) is 0 Å². The maximum atomic E-state index is 10.5. The van der Waals surface area contributed by atoms with Crippen LogP contribution >= 0.6 is 0 Å². The molecular weight excluding hydrogens is 474 g/mol. The van der Waals surface area contributed by atoms with E-state index >= 15 is 0 Å². The zero-order valence-corrected chi connectivity index (χ0v) is 25.0. The minimum atomic E-state index is -0.233. The van der Waals surface area contributed by atoms with Crippen LogP contribution in [0, 0.1) is 20.8 Å². The highest BCUT2D eigenvalue weighted by atomic mass is 16.5. The number of phenols is 1. The lowest BCUT2D eigenvalue weighted by atomic mass is 9.87. The number of ether oxygens (including phenoxy) is 1. The first-order valence-electron chi connectivity index (χ1n) is 14.6. The number of aromatic nitrogens is 1. The number of piperazine rings is 1. The molecule has 2 aliphatic rings. The minimum Gasteiger partial charge on any atom is -0.507 e. The molecule has 2 aliphatic heterocycles. The van der Waals surface area contributed by atoms with Gasteiger partial charge in [-0.1, -0.05) is 0 Å². The van der Waals surface area contributed by atoms with Crippen molar-refractivity contribution in [2.45, 2.75) is 73.8 Å². The highest BCUT2D eigenvalue weighted by Crippen LogP contribution is 2.43. The summed E-state index contributed by atoms with van der Waals surface area (Å²) in [4.78, 5) is 15.0. The quantitative estimate of drug-likeness (QED) is 0.478. The smallest absolute Gasteiger partial charge is 0.154 e. The molecule has 0 spiro atoms. The standard InChI is InChI=1S/C31H49N5O2/c1-9-34(10-2)26-13-14-27(35(11-3)12-4)32-30(26)36-19-17-33(18-20-36)21-31(8)16-15-25-24(7)28(37)22(5)23(6)29(25)38-31/h13-14,37H,9-12,15-21H2,1-8H3. The van der Waals surface area contributed by atoms with E-state index in [4.69, 9.17) is 9.72 Å². The van der Waals surface area contributed by atoms with Gasteiger partial charge in [0.15, 0.2) is 5.82 Å². The fourth-order valence-corrected chi connectivity index (χ4v) is 6.20. The van der Waals surface area contributed by atoms with Gasteiger partial charge in [0.1, 0.15) is 22.9 Å². The highest BCUT2D eigenvalue weighted by Gasteiger charge is 2.37. The zero-order valence-electron chi connectivity index (χ0n) is 25.0. The number of anilines is 3. The van der Waals surface area contributed by atoms with E-state index in [2.05, 4.69) is 73.3 Å². The first-order valence-corrected chi connectivity index (χ1v) is 14.6. The van der Waals surface area contributed by atoms with Crippen LogP contribution in [0.2, 0.25) is 0 Å². The lowest BCUT2D eigenvalue weighted by molar-refractivity contribution is 0.0226. The van der Waals surface area contributed by atoms with Crippen molar-refractivity contribution in [3.63, 3.8) is 0 Å². The van der Waals surface area contributed by atoms with Crippen molar-refractivity contribution in [1.82, 2.24) is 9.88 Å². The van der Waals surface area contributed by atoms with Crippen LogP contribution < -0.4 is 19.4 Å². The van der Waals surface area contributed by atoms with Gasteiger partial charge in [0, 0.05) is 64.5 Å². The Morgan fingerprint density at radius 2 is 1.53 bits per heavy atom. The lowest BCUT2D eigenvalue weighted by Gasteiger charge is -2.44. The largest absolute Gasteiger partial charge is 0.507 e. The van der Waals surface area contributed by atoms with Crippen LogP contribution in [0.25, 0.3) is 0 Å². The van der Waals surface area contributed by atoms with Gasteiger partial charge in [-0.3, -0.25) is 4.90 Å². The first-order chi connectivity index (χ1) is 18.2. The van der Waals surface area contributed by atoms with Crippen LogP contribution in [0.15, 0.2) is 12.1 Å². The summed E-state index contributed by atoms with van der Waals surface area (Å²) >= 11 is 0. The van der Waals surface area contributed by atoms with E-state index < -0.39 is 0 Å². The molecule has 7 heteroatoms. The fourth-order valence-electron chi connectivity index (χ4n) is 6.20. The van der Waals surface area contributed by atoms with Gasteiger partial charge in [-0.15, -0.1) is 0 Å². The molecule has 4 rings (SSSR count). The lowest BCUT2D eigenvalue weighted by Crippen LogP contribution is -2.54. The summed E-state index contributed by atoms with van der Waals surface area (Å²) in [6, 6.07) is 4.46.